The second-order valence-corrected chi connectivity index (χ2v) is 6.30. The fourth-order valence-electron chi connectivity index (χ4n) is 2.49. The third-order valence-corrected chi connectivity index (χ3v) is 4.13. The first-order chi connectivity index (χ1) is 10.0. The second-order valence-electron chi connectivity index (χ2n) is 5.58. The molecular weight excluding hydrogens is 288 g/mol. The quantitative estimate of drug-likeness (QED) is 0.893. The van der Waals surface area contributed by atoms with Gasteiger partial charge in [0.25, 0.3) is 0 Å². The van der Waals surface area contributed by atoms with Crippen molar-refractivity contribution in [2.75, 3.05) is 33.2 Å². The van der Waals surface area contributed by atoms with Gasteiger partial charge in [0.1, 0.15) is 0 Å². The predicted molar refractivity (Wildman–Crippen MR) is 83.4 cm³/mol. The van der Waals surface area contributed by atoms with E-state index < -0.39 is 0 Å². The minimum absolute atomic E-state index is 0.0580. The number of ether oxygens (including phenoxy) is 1. The third kappa shape index (κ3) is 5.26. The SMILES string of the molecule is C[C@@H]1CN(CCN(C)C(=O)NCc2cscn2)C[C@H](C)O1. The van der Waals surface area contributed by atoms with Crippen molar-refractivity contribution >= 4 is 17.4 Å². The molecule has 6 nitrogen and oxygen atoms in total. The maximum Gasteiger partial charge on any atom is 0.317 e. The molecule has 1 aliphatic heterocycles. The summed E-state index contributed by atoms with van der Waals surface area (Å²) in [5, 5.41) is 4.82. The number of morpholine rings is 1. The highest BCUT2D eigenvalue weighted by Crippen LogP contribution is 2.10. The number of nitrogens with zero attached hydrogens (tertiary/aromatic N) is 3. The summed E-state index contributed by atoms with van der Waals surface area (Å²) in [6.45, 7) is 8.11. The van der Waals surface area contributed by atoms with Gasteiger partial charge in [-0.3, -0.25) is 4.90 Å². The molecule has 0 spiro atoms. The highest BCUT2D eigenvalue weighted by molar-refractivity contribution is 7.07. The van der Waals surface area contributed by atoms with Gasteiger partial charge in [0, 0.05) is 38.6 Å². The molecule has 0 saturated carbocycles. The fourth-order valence-corrected chi connectivity index (χ4v) is 3.04. The third-order valence-electron chi connectivity index (χ3n) is 3.50. The molecule has 1 N–H and O–H groups in total. The monoisotopic (exact) mass is 312 g/mol. The number of rotatable bonds is 5. The van der Waals surface area contributed by atoms with Crippen LogP contribution in [0.5, 0.6) is 0 Å². The van der Waals surface area contributed by atoms with Gasteiger partial charge in [0.15, 0.2) is 0 Å². The van der Waals surface area contributed by atoms with Gasteiger partial charge in [-0.25, -0.2) is 9.78 Å². The van der Waals surface area contributed by atoms with E-state index >= 15 is 0 Å². The molecule has 0 aliphatic carbocycles. The minimum Gasteiger partial charge on any atom is -0.373 e. The van der Waals surface area contributed by atoms with Gasteiger partial charge in [-0.15, -0.1) is 11.3 Å². The zero-order valence-corrected chi connectivity index (χ0v) is 13.7. The van der Waals surface area contributed by atoms with Crippen LogP contribution in [0.2, 0.25) is 0 Å². The average Bonchev–Trinajstić information content (AvgIpc) is 2.94. The van der Waals surface area contributed by atoms with E-state index in [1.54, 1.807) is 10.4 Å². The van der Waals surface area contributed by atoms with E-state index in [2.05, 4.69) is 29.0 Å². The topological polar surface area (TPSA) is 57.7 Å². The van der Waals surface area contributed by atoms with Crippen LogP contribution >= 0.6 is 11.3 Å². The molecule has 2 atom stereocenters. The number of aromatic nitrogens is 1. The number of amides is 2. The maximum absolute atomic E-state index is 12.0. The number of nitrogens with one attached hydrogen (secondary N) is 1. The van der Waals surface area contributed by atoms with E-state index in [4.69, 9.17) is 4.74 Å². The molecular formula is C14H24N4O2S. The number of urea groups is 1. The normalized spacial score (nSPS) is 23.0. The Labute approximate surface area is 130 Å². The Morgan fingerprint density at radius 3 is 2.86 bits per heavy atom. The van der Waals surface area contributed by atoms with Crippen molar-refractivity contribution in [2.24, 2.45) is 0 Å². The molecule has 2 rings (SSSR count). The van der Waals surface area contributed by atoms with Gasteiger partial charge in [0.2, 0.25) is 0 Å². The van der Waals surface area contributed by atoms with Crippen LogP contribution in [-0.4, -0.2) is 66.2 Å². The average molecular weight is 312 g/mol. The summed E-state index contributed by atoms with van der Waals surface area (Å²) in [6, 6.07) is -0.0580. The van der Waals surface area contributed by atoms with Crippen molar-refractivity contribution < 1.29 is 9.53 Å². The first-order valence-corrected chi connectivity index (χ1v) is 8.22. The fraction of sp³-hybridized carbons (Fsp3) is 0.714. The number of carbonyl (C=O) groups excluding carboxylic acids is 1. The number of likely N-dealkylation sites (N-methyl/N-ethyl adjacent to an activating group) is 1. The van der Waals surface area contributed by atoms with Crippen molar-refractivity contribution in [3.8, 4) is 0 Å². The molecule has 118 valence electrons. The molecule has 1 aromatic rings. The zero-order chi connectivity index (χ0) is 15.2. The molecule has 0 aromatic carbocycles. The van der Waals surface area contributed by atoms with Crippen molar-refractivity contribution in [1.29, 1.82) is 0 Å². The summed E-state index contributed by atoms with van der Waals surface area (Å²) in [5.41, 5.74) is 2.67. The summed E-state index contributed by atoms with van der Waals surface area (Å²) in [6.07, 6.45) is 0.523. The van der Waals surface area contributed by atoms with Gasteiger partial charge in [0.05, 0.1) is 30.0 Å². The Bertz CT molecular complexity index is 430. The summed E-state index contributed by atoms with van der Waals surface area (Å²) in [7, 11) is 1.82. The lowest BCUT2D eigenvalue weighted by Crippen LogP contribution is -2.49. The van der Waals surface area contributed by atoms with Crippen LogP contribution in [0.4, 0.5) is 4.79 Å². The van der Waals surface area contributed by atoms with Crippen LogP contribution in [-0.2, 0) is 11.3 Å². The summed E-state index contributed by atoms with van der Waals surface area (Å²) in [5.74, 6) is 0. The zero-order valence-electron chi connectivity index (χ0n) is 12.9. The van der Waals surface area contributed by atoms with Crippen LogP contribution in [0.1, 0.15) is 19.5 Å². The van der Waals surface area contributed by atoms with Crippen molar-refractivity contribution in [1.82, 2.24) is 20.1 Å². The molecule has 21 heavy (non-hydrogen) atoms. The lowest BCUT2D eigenvalue weighted by Gasteiger charge is -2.36. The van der Waals surface area contributed by atoms with Gasteiger partial charge in [-0.1, -0.05) is 0 Å². The largest absolute Gasteiger partial charge is 0.373 e. The van der Waals surface area contributed by atoms with Crippen LogP contribution in [0.25, 0.3) is 0 Å². The first-order valence-electron chi connectivity index (χ1n) is 7.28. The summed E-state index contributed by atoms with van der Waals surface area (Å²) < 4.78 is 5.71. The van der Waals surface area contributed by atoms with Crippen LogP contribution < -0.4 is 5.32 Å². The van der Waals surface area contributed by atoms with E-state index in [1.807, 2.05) is 12.4 Å². The second kappa shape index (κ2) is 7.72. The summed E-state index contributed by atoms with van der Waals surface area (Å²) in [4.78, 5) is 20.2. The Morgan fingerprint density at radius 1 is 1.52 bits per heavy atom. The highest BCUT2D eigenvalue weighted by atomic mass is 32.1. The molecule has 1 fully saturated rings. The highest BCUT2D eigenvalue weighted by Gasteiger charge is 2.22. The summed E-state index contributed by atoms with van der Waals surface area (Å²) >= 11 is 1.53. The smallest absolute Gasteiger partial charge is 0.317 e. The first kappa shape index (κ1) is 16.2. The molecule has 2 amide bonds. The Balaban J connectivity index is 1.68. The Kier molecular flexibility index (Phi) is 5.96. The standard InChI is InChI=1S/C14H24N4O2S/c1-11-7-18(8-12(2)20-11)5-4-17(3)14(19)15-6-13-9-21-10-16-13/h9-12H,4-8H2,1-3H3,(H,15,19)/t11-,12+. The van der Waals surface area contributed by atoms with Crippen LogP contribution in [0.15, 0.2) is 10.9 Å². The molecule has 1 aliphatic rings. The molecule has 0 radical (unpaired) electrons. The van der Waals surface area contributed by atoms with Gasteiger partial charge in [-0.05, 0) is 13.8 Å². The molecule has 2 heterocycles. The predicted octanol–water partition coefficient (Wildman–Crippen LogP) is 1.39. The van der Waals surface area contributed by atoms with Gasteiger partial charge < -0.3 is 15.0 Å². The molecule has 0 bridgehead atoms. The lowest BCUT2D eigenvalue weighted by atomic mass is 10.2. The lowest BCUT2D eigenvalue weighted by molar-refractivity contribution is -0.0684. The van der Waals surface area contributed by atoms with Crippen LogP contribution in [0.3, 0.4) is 0 Å². The van der Waals surface area contributed by atoms with E-state index in [9.17, 15) is 4.79 Å². The Morgan fingerprint density at radius 2 is 2.24 bits per heavy atom. The Hall–Kier alpha value is -1.18. The van der Waals surface area contributed by atoms with Gasteiger partial charge >= 0.3 is 6.03 Å². The van der Waals surface area contributed by atoms with E-state index in [0.29, 0.717) is 13.1 Å². The van der Waals surface area contributed by atoms with E-state index in [-0.39, 0.29) is 18.2 Å². The van der Waals surface area contributed by atoms with Crippen molar-refractivity contribution in [3.05, 3.63) is 16.6 Å². The van der Waals surface area contributed by atoms with Gasteiger partial charge in [-0.2, -0.15) is 0 Å². The number of carbonyl (C=O) groups is 1. The molecule has 1 aromatic heterocycles. The molecule has 1 saturated heterocycles. The minimum atomic E-state index is -0.0580. The number of thiazole rings is 1. The van der Waals surface area contributed by atoms with E-state index in [1.165, 1.54) is 11.3 Å². The maximum atomic E-state index is 12.0. The number of hydrogen-bond donors (Lipinski definition) is 1. The van der Waals surface area contributed by atoms with Crippen LogP contribution in [0, 0.1) is 0 Å². The van der Waals surface area contributed by atoms with Crippen molar-refractivity contribution in [2.45, 2.75) is 32.6 Å². The number of hydrogen-bond acceptors (Lipinski definition) is 5. The van der Waals surface area contributed by atoms with Crippen molar-refractivity contribution in [3.63, 3.8) is 0 Å². The molecule has 7 heteroatoms. The molecule has 0 unspecified atom stereocenters. The van der Waals surface area contributed by atoms with E-state index in [0.717, 1.165) is 25.3 Å².